The fourth-order valence-corrected chi connectivity index (χ4v) is 2.92. The van der Waals surface area contributed by atoms with E-state index in [9.17, 15) is 0 Å². The summed E-state index contributed by atoms with van der Waals surface area (Å²) >= 11 is 0. The predicted molar refractivity (Wildman–Crippen MR) is 102 cm³/mol. The molecule has 4 rings (SSSR count). The molecule has 0 spiro atoms. The molecule has 0 radical (unpaired) electrons. The van der Waals surface area contributed by atoms with Crippen LogP contribution in [-0.4, -0.2) is 9.97 Å². The normalized spacial score (nSPS) is 10.6. The number of aromatic nitrogens is 2. The van der Waals surface area contributed by atoms with E-state index in [1.165, 1.54) is 5.56 Å². The molecule has 0 aliphatic rings. The highest BCUT2D eigenvalue weighted by Gasteiger charge is 2.12. The summed E-state index contributed by atoms with van der Waals surface area (Å²) in [5.41, 5.74) is 6.24. The zero-order chi connectivity index (χ0) is 16.9. The monoisotopic (exact) mass is 322 g/mol. The number of rotatable bonds is 4. The van der Waals surface area contributed by atoms with Crippen molar-refractivity contribution in [3.05, 3.63) is 108 Å². The molecule has 0 saturated carbocycles. The molecule has 0 saturated heterocycles. The molecule has 25 heavy (non-hydrogen) atoms. The third kappa shape index (κ3) is 3.48. The standard InChI is InChI=1S/C23H18N2/c1-4-10-18(11-5-1)16-21-17-24-22(19-12-6-2-7-13-19)23(25-21)20-14-8-3-9-15-20/h1-15,17H,16H2. The minimum absolute atomic E-state index is 0.780. The van der Waals surface area contributed by atoms with Crippen LogP contribution in [0, 0.1) is 0 Å². The molecule has 0 atom stereocenters. The first-order valence-electron chi connectivity index (χ1n) is 8.41. The molecule has 0 unspecified atom stereocenters. The Morgan fingerprint density at radius 2 is 1.08 bits per heavy atom. The maximum atomic E-state index is 4.95. The fourth-order valence-electron chi connectivity index (χ4n) is 2.92. The Hall–Kier alpha value is -3.26. The molecule has 0 bridgehead atoms. The predicted octanol–water partition coefficient (Wildman–Crippen LogP) is 5.40. The van der Waals surface area contributed by atoms with Gasteiger partial charge < -0.3 is 0 Å². The summed E-state index contributed by atoms with van der Waals surface area (Å²) in [6.45, 7) is 0. The number of hydrogen-bond donors (Lipinski definition) is 0. The summed E-state index contributed by atoms with van der Waals surface area (Å²) in [5.74, 6) is 0. The molecular weight excluding hydrogens is 304 g/mol. The Kier molecular flexibility index (Phi) is 4.34. The van der Waals surface area contributed by atoms with Crippen LogP contribution in [0.15, 0.2) is 97.2 Å². The third-order valence-corrected chi connectivity index (χ3v) is 4.14. The highest BCUT2D eigenvalue weighted by atomic mass is 14.8. The molecule has 120 valence electrons. The molecule has 1 heterocycles. The first kappa shape index (κ1) is 15.3. The lowest BCUT2D eigenvalue weighted by molar-refractivity contribution is 1.04. The van der Waals surface area contributed by atoms with Crippen molar-refractivity contribution in [3.8, 4) is 22.5 Å². The van der Waals surface area contributed by atoms with E-state index in [-0.39, 0.29) is 0 Å². The van der Waals surface area contributed by atoms with Gasteiger partial charge in [0.25, 0.3) is 0 Å². The molecule has 0 aliphatic heterocycles. The van der Waals surface area contributed by atoms with E-state index in [0.717, 1.165) is 34.6 Å². The van der Waals surface area contributed by atoms with Gasteiger partial charge in [-0.05, 0) is 5.56 Å². The Morgan fingerprint density at radius 1 is 0.560 bits per heavy atom. The Bertz CT molecular complexity index is 949. The van der Waals surface area contributed by atoms with Gasteiger partial charge in [0.05, 0.1) is 17.1 Å². The topological polar surface area (TPSA) is 25.8 Å². The lowest BCUT2D eigenvalue weighted by Crippen LogP contribution is -1.99. The Labute approximate surface area is 147 Å². The molecule has 0 amide bonds. The summed E-state index contributed by atoms with van der Waals surface area (Å²) in [7, 11) is 0. The van der Waals surface area contributed by atoms with Crippen molar-refractivity contribution in [3.63, 3.8) is 0 Å². The van der Waals surface area contributed by atoms with E-state index in [1.807, 2.05) is 48.7 Å². The van der Waals surface area contributed by atoms with Gasteiger partial charge in [-0.25, -0.2) is 4.98 Å². The van der Waals surface area contributed by atoms with Crippen molar-refractivity contribution in [2.75, 3.05) is 0 Å². The molecular formula is C23H18N2. The van der Waals surface area contributed by atoms with Gasteiger partial charge in [0.2, 0.25) is 0 Å². The van der Waals surface area contributed by atoms with Crippen molar-refractivity contribution in [1.29, 1.82) is 0 Å². The minimum Gasteiger partial charge on any atom is -0.252 e. The molecule has 0 fully saturated rings. The maximum Gasteiger partial charge on any atom is 0.0968 e. The summed E-state index contributed by atoms with van der Waals surface area (Å²) in [5, 5.41) is 0. The Morgan fingerprint density at radius 3 is 1.68 bits per heavy atom. The van der Waals surface area contributed by atoms with Crippen molar-refractivity contribution in [2.45, 2.75) is 6.42 Å². The maximum absolute atomic E-state index is 4.95. The first-order valence-corrected chi connectivity index (χ1v) is 8.41. The van der Waals surface area contributed by atoms with Gasteiger partial charge in [0.1, 0.15) is 0 Å². The van der Waals surface area contributed by atoms with E-state index < -0.39 is 0 Å². The smallest absolute Gasteiger partial charge is 0.0968 e. The van der Waals surface area contributed by atoms with Gasteiger partial charge in [-0.3, -0.25) is 4.98 Å². The SMILES string of the molecule is c1ccc(Cc2cnc(-c3ccccc3)c(-c3ccccc3)n2)cc1. The molecule has 2 nitrogen and oxygen atoms in total. The van der Waals surface area contributed by atoms with E-state index in [4.69, 9.17) is 9.97 Å². The van der Waals surface area contributed by atoms with Crippen molar-refractivity contribution >= 4 is 0 Å². The molecule has 0 N–H and O–H groups in total. The van der Waals surface area contributed by atoms with Gasteiger partial charge in [-0.1, -0.05) is 91.0 Å². The quantitative estimate of drug-likeness (QED) is 0.502. The van der Waals surface area contributed by atoms with Gasteiger partial charge in [0.15, 0.2) is 0 Å². The molecule has 3 aromatic carbocycles. The van der Waals surface area contributed by atoms with Crippen LogP contribution < -0.4 is 0 Å². The Balaban J connectivity index is 1.80. The second kappa shape index (κ2) is 7.10. The van der Waals surface area contributed by atoms with Crippen LogP contribution in [0.25, 0.3) is 22.5 Å². The van der Waals surface area contributed by atoms with Crippen LogP contribution in [0.1, 0.15) is 11.3 Å². The summed E-state index contributed by atoms with van der Waals surface area (Å²) in [4.78, 5) is 9.71. The van der Waals surface area contributed by atoms with Crippen molar-refractivity contribution < 1.29 is 0 Å². The van der Waals surface area contributed by atoms with E-state index in [0.29, 0.717) is 0 Å². The van der Waals surface area contributed by atoms with Gasteiger partial charge in [-0.15, -0.1) is 0 Å². The average Bonchev–Trinajstić information content (AvgIpc) is 2.70. The number of hydrogen-bond acceptors (Lipinski definition) is 2. The highest BCUT2D eigenvalue weighted by Crippen LogP contribution is 2.29. The summed E-state index contributed by atoms with van der Waals surface area (Å²) < 4.78 is 0. The van der Waals surface area contributed by atoms with Crippen LogP contribution in [0.2, 0.25) is 0 Å². The van der Waals surface area contributed by atoms with E-state index in [2.05, 4.69) is 48.5 Å². The molecule has 1 aromatic heterocycles. The zero-order valence-corrected chi connectivity index (χ0v) is 13.8. The van der Waals surface area contributed by atoms with Crippen LogP contribution >= 0.6 is 0 Å². The molecule has 4 aromatic rings. The van der Waals surface area contributed by atoms with Crippen molar-refractivity contribution in [2.24, 2.45) is 0 Å². The number of nitrogens with zero attached hydrogens (tertiary/aromatic N) is 2. The fraction of sp³-hybridized carbons (Fsp3) is 0.0435. The second-order valence-corrected chi connectivity index (χ2v) is 5.95. The van der Waals surface area contributed by atoms with Crippen LogP contribution in [0.3, 0.4) is 0 Å². The van der Waals surface area contributed by atoms with E-state index in [1.54, 1.807) is 0 Å². The number of benzene rings is 3. The summed E-state index contributed by atoms with van der Waals surface area (Å²) in [6, 6.07) is 30.9. The summed E-state index contributed by atoms with van der Waals surface area (Å²) in [6.07, 6.45) is 2.67. The van der Waals surface area contributed by atoms with Crippen molar-refractivity contribution in [1.82, 2.24) is 9.97 Å². The van der Waals surface area contributed by atoms with E-state index >= 15 is 0 Å². The van der Waals surface area contributed by atoms with Gasteiger partial charge in [0, 0.05) is 23.7 Å². The molecule has 2 heteroatoms. The lowest BCUT2D eigenvalue weighted by Gasteiger charge is -2.11. The highest BCUT2D eigenvalue weighted by molar-refractivity contribution is 5.77. The minimum atomic E-state index is 0.780. The largest absolute Gasteiger partial charge is 0.252 e. The van der Waals surface area contributed by atoms with Gasteiger partial charge >= 0.3 is 0 Å². The van der Waals surface area contributed by atoms with Crippen LogP contribution in [0.4, 0.5) is 0 Å². The lowest BCUT2D eigenvalue weighted by atomic mass is 10.0. The third-order valence-electron chi connectivity index (χ3n) is 4.14. The molecule has 0 aliphatic carbocycles. The van der Waals surface area contributed by atoms with Crippen LogP contribution in [-0.2, 0) is 6.42 Å². The average molecular weight is 322 g/mol. The second-order valence-electron chi connectivity index (χ2n) is 5.95. The zero-order valence-electron chi connectivity index (χ0n) is 13.8. The van der Waals surface area contributed by atoms with Gasteiger partial charge in [-0.2, -0.15) is 0 Å². The van der Waals surface area contributed by atoms with Crippen LogP contribution in [0.5, 0.6) is 0 Å². The first-order chi connectivity index (χ1) is 12.4.